The highest BCUT2D eigenvalue weighted by molar-refractivity contribution is 9.11. The van der Waals surface area contributed by atoms with Crippen LogP contribution in [0.1, 0.15) is 29.3 Å². The Morgan fingerprint density at radius 1 is 1.30 bits per heavy atom. The summed E-state index contributed by atoms with van der Waals surface area (Å²) in [4.78, 5) is 14.7. The molecule has 1 aliphatic heterocycles. The molecular formula is C17H17BrFNO2S. The van der Waals surface area contributed by atoms with E-state index in [4.69, 9.17) is 0 Å². The highest BCUT2D eigenvalue weighted by Crippen LogP contribution is 2.37. The monoisotopic (exact) mass is 397 g/mol. The van der Waals surface area contributed by atoms with Crippen LogP contribution in [0, 0.1) is 11.7 Å². The van der Waals surface area contributed by atoms with Crippen LogP contribution in [0.25, 0.3) is 0 Å². The third kappa shape index (κ3) is 3.82. The number of aliphatic carboxylic acids is 1. The lowest BCUT2D eigenvalue weighted by Gasteiger charge is -2.37. The number of hydrogen-bond acceptors (Lipinski definition) is 3. The molecule has 0 aliphatic carbocycles. The molecule has 1 aromatic heterocycles. The maximum atomic E-state index is 13.3. The third-order valence-electron chi connectivity index (χ3n) is 4.22. The Labute approximate surface area is 146 Å². The van der Waals surface area contributed by atoms with Crippen molar-refractivity contribution in [2.75, 3.05) is 13.1 Å². The summed E-state index contributed by atoms with van der Waals surface area (Å²) in [7, 11) is 0. The van der Waals surface area contributed by atoms with Gasteiger partial charge in [0, 0.05) is 11.4 Å². The van der Waals surface area contributed by atoms with Gasteiger partial charge in [0.2, 0.25) is 0 Å². The van der Waals surface area contributed by atoms with Crippen LogP contribution in [0.3, 0.4) is 0 Å². The van der Waals surface area contributed by atoms with Crippen molar-refractivity contribution in [1.29, 1.82) is 0 Å². The van der Waals surface area contributed by atoms with Gasteiger partial charge in [0.25, 0.3) is 0 Å². The van der Waals surface area contributed by atoms with E-state index in [9.17, 15) is 14.3 Å². The molecule has 2 atom stereocenters. The molecular weight excluding hydrogens is 381 g/mol. The zero-order chi connectivity index (χ0) is 16.4. The second-order valence-corrected chi connectivity index (χ2v) is 8.26. The number of hydrogen-bond donors (Lipinski definition) is 1. The maximum Gasteiger partial charge on any atom is 0.307 e. The van der Waals surface area contributed by atoms with E-state index < -0.39 is 5.97 Å². The van der Waals surface area contributed by atoms with Crippen molar-refractivity contribution >= 4 is 33.2 Å². The molecule has 1 N–H and O–H groups in total. The van der Waals surface area contributed by atoms with E-state index >= 15 is 0 Å². The SMILES string of the molecule is O=C(O)C1CCCN(C(c2ccc(F)cc2)c2ccc(Br)s2)C1. The van der Waals surface area contributed by atoms with E-state index in [1.807, 2.05) is 12.1 Å². The molecule has 0 radical (unpaired) electrons. The third-order valence-corrected chi connectivity index (χ3v) is 5.89. The molecule has 1 aromatic carbocycles. The molecule has 1 fully saturated rings. The molecule has 2 heterocycles. The number of thiophene rings is 1. The molecule has 0 saturated carbocycles. The number of likely N-dealkylation sites (tertiary alicyclic amines) is 1. The quantitative estimate of drug-likeness (QED) is 0.823. The van der Waals surface area contributed by atoms with Crippen molar-refractivity contribution in [2.45, 2.75) is 18.9 Å². The molecule has 2 aromatic rings. The smallest absolute Gasteiger partial charge is 0.307 e. The molecule has 6 heteroatoms. The van der Waals surface area contributed by atoms with E-state index in [1.54, 1.807) is 23.5 Å². The van der Waals surface area contributed by atoms with E-state index in [0.29, 0.717) is 6.54 Å². The largest absolute Gasteiger partial charge is 0.481 e. The fraction of sp³-hybridized carbons (Fsp3) is 0.353. The summed E-state index contributed by atoms with van der Waals surface area (Å²) >= 11 is 5.12. The summed E-state index contributed by atoms with van der Waals surface area (Å²) in [5.41, 5.74) is 0.992. The molecule has 2 unspecified atom stereocenters. The van der Waals surface area contributed by atoms with Crippen LogP contribution < -0.4 is 0 Å². The number of nitrogens with zero attached hydrogens (tertiary/aromatic N) is 1. The number of halogens is 2. The molecule has 0 spiro atoms. The van der Waals surface area contributed by atoms with Gasteiger partial charge in [-0.2, -0.15) is 0 Å². The number of benzene rings is 1. The lowest BCUT2D eigenvalue weighted by Crippen LogP contribution is -2.41. The zero-order valence-corrected chi connectivity index (χ0v) is 14.8. The van der Waals surface area contributed by atoms with Gasteiger partial charge in [0.05, 0.1) is 15.7 Å². The minimum absolute atomic E-state index is 0.0333. The summed E-state index contributed by atoms with van der Waals surface area (Å²) in [6, 6.07) is 10.5. The minimum Gasteiger partial charge on any atom is -0.481 e. The summed E-state index contributed by atoms with van der Waals surface area (Å²) in [5, 5.41) is 9.34. The second-order valence-electron chi connectivity index (χ2n) is 5.77. The van der Waals surface area contributed by atoms with Crippen LogP contribution in [-0.4, -0.2) is 29.1 Å². The van der Waals surface area contributed by atoms with Gasteiger partial charge in [0.15, 0.2) is 0 Å². The lowest BCUT2D eigenvalue weighted by molar-refractivity contribution is -0.143. The molecule has 1 aliphatic rings. The summed E-state index contributed by atoms with van der Waals surface area (Å²) in [6.45, 7) is 1.37. The fourth-order valence-corrected chi connectivity index (χ4v) is 4.70. The number of piperidine rings is 1. The minimum atomic E-state index is -0.736. The molecule has 3 nitrogen and oxygen atoms in total. The Balaban J connectivity index is 1.94. The first-order valence-electron chi connectivity index (χ1n) is 7.52. The zero-order valence-electron chi connectivity index (χ0n) is 12.4. The van der Waals surface area contributed by atoms with Crippen molar-refractivity contribution in [1.82, 2.24) is 4.90 Å². The molecule has 3 rings (SSSR count). The lowest BCUT2D eigenvalue weighted by atomic mass is 9.94. The van der Waals surface area contributed by atoms with E-state index in [-0.39, 0.29) is 17.8 Å². The second kappa shape index (κ2) is 7.11. The predicted molar refractivity (Wildman–Crippen MR) is 92.2 cm³/mol. The van der Waals surface area contributed by atoms with Crippen molar-refractivity contribution in [3.05, 3.63) is 56.4 Å². The molecule has 122 valence electrons. The van der Waals surface area contributed by atoms with Gasteiger partial charge in [0.1, 0.15) is 5.82 Å². The van der Waals surface area contributed by atoms with E-state index in [0.717, 1.165) is 33.6 Å². The maximum absolute atomic E-state index is 13.3. The first-order valence-corrected chi connectivity index (χ1v) is 9.13. The Bertz CT molecular complexity index is 688. The van der Waals surface area contributed by atoms with Gasteiger partial charge in [-0.1, -0.05) is 12.1 Å². The average molecular weight is 398 g/mol. The average Bonchev–Trinajstić information content (AvgIpc) is 2.96. The fourth-order valence-electron chi connectivity index (χ4n) is 3.12. The number of rotatable bonds is 4. The van der Waals surface area contributed by atoms with Crippen molar-refractivity contribution < 1.29 is 14.3 Å². The van der Waals surface area contributed by atoms with Gasteiger partial charge in [-0.05, 0) is 65.1 Å². The number of carboxylic acids is 1. The summed E-state index contributed by atoms with van der Waals surface area (Å²) < 4.78 is 14.3. The van der Waals surface area contributed by atoms with E-state index in [1.165, 1.54) is 12.1 Å². The normalized spacial score (nSPS) is 20.3. The van der Waals surface area contributed by atoms with Gasteiger partial charge in [-0.3, -0.25) is 9.69 Å². The van der Waals surface area contributed by atoms with Gasteiger partial charge >= 0.3 is 5.97 Å². The summed E-state index contributed by atoms with van der Waals surface area (Å²) in [6.07, 6.45) is 1.58. The molecule has 0 bridgehead atoms. The van der Waals surface area contributed by atoms with Crippen LogP contribution in [0.15, 0.2) is 40.2 Å². The first-order chi connectivity index (χ1) is 11.0. The predicted octanol–water partition coefficient (Wildman–Crippen LogP) is 4.54. The van der Waals surface area contributed by atoms with Crippen molar-refractivity contribution in [3.8, 4) is 0 Å². The molecule has 0 amide bonds. The highest BCUT2D eigenvalue weighted by Gasteiger charge is 2.31. The van der Waals surface area contributed by atoms with Gasteiger partial charge in [-0.25, -0.2) is 4.39 Å². The van der Waals surface area contributed by atoms with Crippen LogP contribution in [0.5, 0.6) is 0 Å². The molecule has 23 heavy (non-hydrogen) atoms. The molecule has 1 saturated heterocycles. The highest BCUT2D eigenvalue weighted by atomic mass is 79.9. The Hall–Kier alpha value is -1.24. The van der Waals surface area contributed by atoms with Gasteiger partial charge in [-0.15, -0.1) is 11.3 Å². The Morgan fingerprint density at radius 3 is 2.65 bits per heavy atom. The Morgan fingerprint density at radius 2 is 2.04 bits per heavy atom. The van der Waals surface area contributed by atoms with E-state index in [2.05, 4.69) is 20.8 Å². The number of carbonyl (C=O) groups is 1. The van der Waals surface area contributed by atoms with Gasteiger partial charge < -0.3 is 5.11 Å². The van der Waals surface area contributed by atoms with Crippen molar-refractivity contribution in [2.24, 2.45) is 5.92 Å². The van der Waals surface area contributed by atoms with Crippen LogP contribution >= 0.6 is 27.3 Å². The first kappa shape index (κ1) is 16.6. The van der Waals surface area contributed by atoms with Crippen LogP contribution in [0.2, 0.25) is 0 Å². The number of carboxylic acid groups (broad SMARTS) is 1. The Kier molecular flexibility index (Phi) is 5.14. The summed E-state index contributed by atoms with van der Waals surface area (Å²) in [5.74, 6) is -1.34. The van der Waals surface area contributed by atoms with Crippen LogP contribution in [0.4, 0.5) is 4.39 Å². The topological polar surface area (TPSA) is 40.5 Å². The standard InChI is InChI=1S/C17H17BrFNO2S/c18-15-8-7-14(23-15)16(11-3-5-13(19)6-4-11)20-9-1-2-12(10-20)17(21)22/h3-8,12,16H,1-2,9-10H2,(H,21,22). The van der Waals surface area contributed by atoms with Crippen LogP contribution in [-0.2, 0) is 4.79 Å². The van der Waals surface area contributed by atoms with Crippen molar-refractivity contribution in [3.63, 3.8) is 0 Å².